The molecule has 0 saturated heterocycles. The SMILES string of the molecule is CCn1nc(C)c(N)c1NCCc1nc(C)cs1. The number of nitrogens with two attached hydrogens (primary N) is 1. The van der Waals surface area contributed by atoms with Crippen LogP contribution in [0.2, 0.25) is 0 Å². The minimum atomic E-state index is 0.743. The molecule has 0 aliphatic rings. The van der Waals surface area contributed by atoms with Crippen molar-refractivity contribution in [2.45, 2.75) is 33.7 Å². The largest absolute Gasteiger partial charge is 0.394 e. The van der Waals surface area contributed by atoms with E-state index in [0.29, 0.717) is 0 Å². The van der Waals surface area contributed by atoms with Crippen molar-refractivity contribution in [2.24, 2.45) is 0 Å². The summed E-state index contributed by atoms with van der Waals surface area (Å²) in [4.78, 5) is 4.44. The van der Waals surface area contributed by atoms with Crippen LogP contribution in [0.4, 0.5) is 11.5 Å². The van der Waals surface area contributed by atoms with Crippen LogP contribution in [0.1, 0.15) is 23.3 Å². The Bertz CT molecular complexity index is 529. The van der Waals surface area contributed by atoms with Gasteiger partial charge in [0.1, 0.15) is 5.82 Å². The first-order valence-electron chi connectivity index (χ1n) is 6.09. The molecule has 3 N–H and O–H groups in total. The third-order valence-electron chi connectivity index (χ3n) is 2.77. The minimum absolute atomic E-state index is 0.743. The van der Waals surface area contributed by atoms with Gasteiger partial charge < -0.3 is 11.1 Å². The van der Waals surface area contributed by atoms with Gasteiger partial charge in [-0.15, -0.1) is 11.3 Å². The maximum atomic E-state index is 6.00. The molecular formula is C12H19N5S. The number of aryl methyl sites for hydroxylation is 3. The molecule has 0 radical (unpaired) electrons. The van der Waals surface area contributed by atoms with Crippen molar-refractivity contribution < 1.29 is 0 Å². The number of nitrogen functional groups attached to an aromatic ring is 1. The van der Waals surface area contributed by atoms with E-state index in [0.717, 1.165) is 47.4 Å². The molecule has 2 aromatic heterocycles. The molecule has 2 rings (SSSR count). The van der Waals surface area contributed by atoms with Gasteiger partial charge in [-0.1, -0.05) is 0 Å². The molecule has 0 aliphatic carbocycles. The van der Waals surface area contributed by atoms with E-state index >= 15 is 0 Å². The molecule has 0 unspecified atom stereocenters. The van der Waals surface area contributed by atoms with Crippen molar-refractivity contribution in [2.75, 3.05) is 17.6 Å². The second-order valence-electron chi connectivity index (χ2n) is 4.22. The first kappa shape index (κ1) is 12.9. The second kappa shape index (κ2) is 5.39. The predicted octanol–water partition coefficient (Wildman–Crippen LogP) is 2.21. The Labute approximate surface area is 111 Å². The van der Waals surface area contributed by atoms with Crippen LogP contribution >= 0.6 is 11.3 Å². The lowest BCUT2D eigenvalue weighted by Crippen LogP contribution is -2.11. The number of hydrogen-bond acceptors (Lipinski definition) is 5. The first-order valence-corrected chi connectivity index (χ1v) is 6.97. The Balaban J connectivity index is 1.98. The maximum absolute atomic E-state index is 6.00. The summed E-state index contributed by atoms with van der Waals surface area (Å²) in [5.41, 5.74) is 8.71. The van der Waals surface area contributed by atoms with E-state index in [9.17, 15) is 0 Å². The van der Waals surface area contributed by atoms with Crippen LogP contribution in [-0.4, -0.2) is 21.3 Å². The molecule has 0 saturated carbocycles. The highest BCUT2D eigenvalue weighted by Gasteiger charge is 2.10. The van der Waals surface area contributed by atoms with Gasteiger partial charge in [-0.3, -0.25) is 0 Å². The average Bonchev–Trinajstić information content (AvgIpc) is 2.87. The summed E-state index contributed by atoms with van der Waals surface area (Å²) in [6.07, 6.45) is 0.909. The summed E-state index contributed by atoms with van der Waals surface area (Å²) in [6, 6.07) is 0. The molecule has 0 aliphatic heterocycles. The number of anilines is 2. The smallest absolute Gasteiger partial charge is 0.148 e. The lowest BCUT2D eigenvalue weighted by molar-refractivity contribution is 0.657. The summed E-state index contributed by atoms with van der Waals surface area (Å²) in [7, 11) is 0. The van der Waals surface area contributed by atoms with Gasteiger partial charge in [0.25, 0.3) is 0 Å². The van der Waals surface area contributed by atoms with E-state index in [1.165, 1.54) is 0 Å². The van der Waals surface area contributed by atoms with Gasteiger partial charge in [-0.2, -0.15) is 5.10 Å². The lowest BCUT2D eigenvalue weighted by atomic mass is 10.3. The van der Waals surface area contributed by atoms with E-state index in [-0.39, 0.29) is 0 Å². The van der Waals surface area contributed by atoms with Crippen LogP contribution in [0.25, 0.3) is 0 Å². The number of hydrogen-bond donors (Lipinski definition) is 2. The standard InChI is InChI=1S/C12H19N5S/c1-4-17-12(11(13)9(3)16-17)14-6-5-10-15-8(2)7-18-10/h7,14H,4-6,13H2,1-3H3. The van der Waals surface area contributed by atoms with Gasteiger partial charge in [0.2, 0.25) is 0 Å². The van der Waals surface area contributed by atoms with E-state index in [2.05, 4.69) is 27.7 Å². The van der Waals surface area contributed by atoms with Crippen LogP contribution < -0.4 is 11.1 Å². The Morgan fingerprint density at radius 3 is 2.83 bits per heavy atom. The van der Waals surface area contributed by atoms with Gasteiger partial charge in [-0.05, 0) is 20.8 Å². The van der Waals surface area contributed by atoms with Gasteiger partial charge in [0.05, 0.1) is 16.4 Å². The average molecular weight is 265 g/mol. The normalized spacial score (nSPS) is 10.8. The highest BCUT2D eigenvalue weighted by atomic mass is 32.1. The molecule has 0 fully saturated rings. The van der Waals surface area contributed by atoms with Crippen LogP contribution in [0.15, 0.2) is 5.38 Å². The zero-order valence-electron chi connectivity index (χ0n) is 11.0. The van der Waals surface area contributed by atoms with E-state index < -0.39 is 0 Å². The third-order valence-corrected chi connectivity index (χ3v) is 3.80. The Morgan fingerprint density at radius 1 is 1.44 bits per heavy atom. The molecule has 6 heteroatoms. The molecular weight excluding hydrogens is 246 g/mol. The predicted molar refractivity (Wildman–Crippen MR) is 76.1 cm³/mol. The molecule has 0 bridgehead atoms. The number of nitrogens with one attached hydrogen (secondary N) is 1. The van der Waals surface area contributed by atoms with E-state index in [1.807, 2.05) is 18.5 Å². The molecule has 0 spiro atoms. The number of rotatable bonds is 5. The van der Waals surface area contributed by atoms with Crippen molar-refractivity contribution in [1.82, 2.24) is 14.8 Å². The van der Waals surface area contributed by atoms with Crippen LogP contribution in [0.3, 0.4) is 0 Å². The molecule has 5 nitrogen and oxygen atoms in total. The van der Waals surface area contributed by atoms with E-state index in [1.54, 1.807) is 11.3 Å². The van der Waals surface area contributed by atoms with Gasteiger partial charge in [0, 0.05) is 30.6 Å². The van der Waals surface area contributed by atoms with E-state index in [4.69, 9.17) is 5.73 Å². The van der Waals surface area contributed by atoms with Crippen molar-refractivity contribution in [1.29, 1.82) is 0 Å². The number of nitrogens with zero attached hydrogens (tertiary/aromatic N) is 3. The molecule has 0 amide bonds. The highest BCUT2D eigenvalue weighted by molar-refractivity contribution is 7.09. The number of aromatic nitrogens is 3. The Hall–Kier alpha value is -1.56. The zero-order valence-corrected chi connectivity index (χ0v) is 11.8. The molecule has 18 heavy (non-hydrogen) atoms. The first-order chi connectivity index (χ1) is 8.61. The molecule has 2 aromatic rings. The highest BCUT2D eigenvalue weighted by Crippen LogP contribution is 2.22. The molecule has 2 heterocycles. The fraction of sp³-hybridized carbons (Fsp3) is 0.500. The summed E-state index contributed by atoms with van der Waals surface area (Å²) >= 11 is 1.70. The fourth-order valence-corrected chi connectivity index (χ4v) is 2.59. The van der Waals surface area contributed by atoms with Gasteiger partial charge in [0.15, 0.2) is 0 Å². The van der Waals surface area contributed by atoms with Crippen LogP contribution in [0.5, 0.6) is 0 Å². The van der Waals surface area contributed by atoms with Crippen molar-refractivity contribution in [3.05, 3.63) is 21.8 Å². The second-order valence-corrected chi connectivity index (χ2v) is 5.17. The maximum Gasteiger partial charge on any atom is 0.148 e. The topological polar surface area (TPSA) is 68.8 Å². The zero-order chi connectivity index (χ0) is 13.1. The van der Waals surface area contributed by atoms with Crippen LogP contribution in [-0.2, 0) is 13.0 Å². The van der Waals surface area contributed by atoms with Crippen molar-refractivity contribution in [3.63, 3.8) is 0 Å². The Morgan fingerprint density at radius 2 is 2.22 bits per heavy atom. The molecule has 98 valence electrons. The monoisotopic (exact) mass is 265 g/mol. The van der Waals surface area contributed by atoms with Gasteiger partial charge in [-0.25, -0.2) is 9.67 Å². The summed E-state index contributed by atoms with van der Waals surface area (Å²) in [5.74, 6) is 0.920. The fourth-order valence-electron chi connectivity index (χ4n) is 1.82. The summed E-state index contributed by atoms with van der Waals surface area (Å²) in [5, 5.41) is 11.0. The summed E-state index contributed by atoms with van der Waals surface area (Å²) < 4.78 is 1.90. The van der Waals surface area contributed by atoms with Crippen LogP contribution in [0, 0.1) is 13.8 Å². The minimum Gasteiger partial charge on any atom is -0.394 e. The Kier molecular flexibility index (Phi) is 3.86. The quantitative estimate of drug-likeness (QED) is 0.869. The summed E-state index contributed by atoms with van der Waals surface area (Å²) in [6.45, 7) is 7.64. The lowest BCUT2D eigenvalue weighted by Gasteiger charge is -2.08. The van der Waals surface area contributed by atoms with Gasteiger partial charge >= 0.3 is 0 Å². The van der Waals surface area contributed by atoms with Crippen molar-refractivity contribution in [3.8, 4) is 0 Å². The third kappa shape index (κ3) is 2.64. The number of thiazole rings is 1. The van der Waals surface area contributed by atoms with Crippen molar-refractivity contribution >= 4 is 22.8 Å². The molecule has 0 atom stereocenters. The molecule has 0 aromatic carbocycles.